The van der Waals surface area contributed by atoms with E-state index in [4.69, 9.17) is 0 Å². The number of para-hydroxylation sites is 1. The maximum absolute atomic E-state index is 13.5. The fourth-order valence-electron chi connectivity index (χ4n) is 2.32. The van der Waals surface area contributed by atoms with Gasteiger partial charge in [-0.1, -0.05) is 6.07 Å². The van der Waals surface area contributed by atoms with Gasteiger partial charge in [0, 0.05) is 11.8 Å². The van der Waals surface area contributed by atoms with E-state index in [-0.39, 0.29) is 11.5 Å². The van der Waals surface area contributed by atoms with E-state index >= 15 is 0 Å². The Kier molecular flexibility index (Phi) is 2.70. The number of thioether (sulfide) groups is 1. The molecule has 0 saturated carbocycles. The number of rotatable bonds is 2. The van der Waals surface area contributed by atoms with E-state index in [0.29, 0.717) is 22.8 Å². The molecule has 1 atom stereocenters. The Hall–Kier alpha value is -1.23. The highest BCUT2D eigenvalue weighted by molar-refractivity contribution is 8.00. The van der Waals surface area contributed by atoms with E-state index in [0.717, 1.165) is 12.2 Å². The molecule has 1 saturated heterocycles. The van der Waals surface area contributed by atoms with Crippen LogP contribution in [-0.2, 0) is 6.54 Å². The molecule has 2 aromatic rings. The van der Waals surface area contributed by atoms with Crippen molar-refractivity contribution in [1.29, 1.82) is 0 Å². The molecule has 2 heterocycles. The summed E-state index contributed by atoms with van der Waals surface area (Å²) in [6.45, 7) is 0.674. The molecule has 0 radical (unpaired) electrons. The summed E-state index contributed by atoms with van der Waals surface area (Å²) in [7, 11) is 0. The van der Waals surface area contributed by atoms with E-state index in [1.807, 2.05) is 11.8 Å². The fourth-order valence-corrected chi connectivity index (χ4v) is 3.57. The third kappa shape index (κ3) is 1.88. The number of fused-ring (bicyclic) bond motifs is 1. The molecule has 0 amide bonds. The smallest absolute Gasteiger partial charge is 0.303 e. The normalized spacial score (nSPS) is 20.2. The van der Waals surface area contributed by atoms with E-state index in [2.05, 4.69) is 4.98 Å². The average molecular weight is 252 g/mol. The van der Waals surface area contributed by atoms with Crippen LogP contribution in [0.5, 0.6) is 0 Å². The SMILES string of the molecule is O=c1[nH]c2c(F)cccc2n1CC1CCCS1. The molecule has 1 unspecified atom stereocenters. The van der Waals surface area contributed by atoms with Crippen LogP contribution < -0.4 is 5.69 Å². The van der Waals surface area contributed by atoms with Crippen molar-refractivity contribution in [3.63, 3.8) is 0 Å². The van der Waals surface area contributed by atoms with Crippen LogP contribution in [0.15, 0.2) is 23.0 Å². The average Bonchev–Trinajstić information content (AvgIpc) is 2.91. The molecule has 0 spiro atoms. The second kappa shape index (κ2) is 4.22. The van der Waals surface area contributed by atoms with Crippen LogP contribution in [0, 0.1) is 5.82 Å². The van der Waals surface area contributed by atoms with Gasteiger partial charge in [0.15, 0.2) is 0 Å². The van der Waals surface area contributed by atoms with Crippen molar-refractivity contribution in [2.45, 2.75) is 24.6 Å². The van der Waals surface area contributed by atoms with Gasteiger partial charge in [0.05, 0.1) is 5.52 Å². The number of halogens is 1. The third-order valence-electron chi connectivity index (χ3n) is 3.17. The Morgan fingerprint density at radius 2 is 2.41 bits per heavy atom. The Balaban J connectivity index is 2.06. The zero-order chi connectivity index (χ0) is 11.8. The van der Waals surface area contributed by atoms with E-state index < -0.39 is 0 Å². The fraction of sp³-hybridized carbons (Fsp3) is 0.417. The van der Waals surface area contributed by atoms with Gasteiger partial charge in [0.2, 0.25) is 0 Å². The number of aromatic nitrogens is 2. The maximum atomic E-state index is 13.5. The van der Waals surface area contributed by atoms with Crippen LogP contribution in [0.2, 0.25) is 0 Å². The summed E-state index contributed by atoms with van der Waals surface area (Å²) in [5, 5.41) is 0.481. The van der Waals surface area contributed by atoms with Crippen molar-refractivity contribution in [2.75, 3.05) is 5.75 Å². The number of hydrogen-bond donors (Lipinski definition) is 1. The molecule has 17 heavy (non-hydrogen) atoms. The topological polar surface area (TPSA) is 37.8 Å². The Bertz CT molecular complexity index is 598. The number of nitrogens with zero attached hydrogens (tertiary/aromatic N) is 1. The standard InChI is InChI=1S/C12H13FN2OS/c13-9-4-1-5-10-11(9)14-12(16)15(10)7-8-3-2-6-17-8/h1,4-5,8H,2-3,6-7H2,(H,14,16). The molecule has 0 aliphatic carbocycles. The first kappa shape index (κ1) is 10.9. The molecule has 3 rings (SSSR count). The predicted molar refractivity (Wildman–Crippen MR) is 68.0 cm³/mol. The lowest BCUT2D eigenvalue weighted by Gasteiger charge is -2.09. The van der Waals surface area contributed by atoms with Crippen LogP contribution in [-0.4, -0.2) is 20.6 Å². The summed E-state index contributed by atoms with van der Waals surface area (Å²) in [4.78, 5) is 14.4. The summed E-state index contributed by atoms with van der Waals surface area (Å²) < 4.78 is 15.2. The molecule has 1 aromatic carbocycles. The number of aromatic amines is 1. The molecule has 3 nitrogen and oxygen atoms in total. The highest BCUT2D eigenvalue weighted by Gasteiger charge is 2.19. The monoisotopic (exact) mass is 252 g/mol. The quantitative estimate of drug-likeness (QED) is 0.891. The number of H-pyrrole nitrogens is 1. The minimum atomic E-state index is -0.363. The van der Waals surface area contributed by atoms with Gasteiger partial charge in [-0.05, 0) is 30.7 Å². The highest BCUT2D eigenvalue weighted by atomic mass is 32.2. The number of imidazole rings is 1. The van der Waals surface area contributed by atoms with Gasteiger partial charge in [-0.15, -0.1) is 0 Å². The third-order valence-corrected chi connectivity index (χ3v) is 4.55. The zero-order valence-corrected chi connectivity index (χ0v) is 10.1. The molecule has 1 aliphatic heterocycles. The molecule has 1 aromatic heterocycles. The summed E-state index contributed by atoms with van der Waals surface area (Å²) in [6.07, 6.45) is 2.35. The van der Waals surface area contributed by atoms with Crippen LogP contribution in [0.4, 0.5) is 4.39 Å². The van der Waals surface area contributed by atoms with E-state index in [1.54, 1.807) is 16.7 Å². The van der Waals surface area contributed by atoms with Crippen molar-refractivity contribution in [3.8, 4) is 0 Å². The lowest BCUT2D eigenvalue weighted by atomic mass is 10.2. The van der Waals surface area contributed by atoms with Crippen molar-refractivity contribution in [3.05, 3.63) is 34.5 Å². The Morgan fingerprint density at radius 1 is 1.53 bits per heavy atom. The summed E-state index contributed by atoms with van der Waals surface area (Å²) >= 11 is 1.89. The van der Waals surface area contributed by atoms with E-state index in [1.165, 1.54) is 12.5 Å². The first-order chi connectivity index (χ1) is 8.25. The number of hydrogen-bond acceptors (Lipinski definition) is 2. The predicted octanol–water partition coefficient (Wildman–Crippen LogP) is 2.36. The zero-order valence-electron chi connectivity index (χ0n) is 9.28. The largest absolute Gasteiger partial charge is 0.326 e. The van der Waals surface area contributed by atoms with Crippen molar-refractivity contribution < 1.29 is 4.39 Å². The van der Waals surface area contributed by atoms with Gasteiger partial charge in [0.1, 0.15) is 11.3 Å². The van der Waals surface area contributed by atoms with Gasteiger partial charge >= 0.3 is 5.69 Å². The van der Waals surface area contributed by atoms with Gasteiger partial charge in [-0.25, -0.2) is 9.18 Å². The van der Waals surface area contributed by atoms with Gasteiger partial charge in [-0.2, -0.15) is 11.8 Å². The lowest BCUT2D eigenvalue weighted by Crippen LogP contribution is -2.21. The van der Waals surface area contributed by atoms with Crippen LogP contribution in [0.1, 0.15) is 12.8 Å². The van der Waals surface area contributed by atoms with E-state index in [9.17, 15) is 9.18 Å². The van der Waals surface area contributed by atoms with Gasteiger partial charge in [0.25, 0.3) is 0 Å². The molecule has 1 fully saturated rings. The Morgan fingerprint density at radius 3 is 3.18 bits per heavy atom. The second-order valence-electron chi connectivity index (χ2n) is 4.31. The van der Waals surface area contributed by atoms with Crippen LogP contribution >= 0.6 is 11.8 Å². The van der Waals surface area contributed by atoms with Crippen LogP contribution in [0.3, 0.4) is 0 Å². The highest BCUT2D eigenvalue weighted by Crippen LogP contribution is 2.28. The molecule has 5 heteroatoms. The van der Waals surface area contributed by atoms with Crippen LogP contribution in [0.25, 0.3) is 11.0 Å². The van der Waals surface area contributed by atoms with Gasteiger partial charge < -0.3 is 4.98 Å². The molecular formula is C12H13FN2OS. The molecule has 1 N–H and O–H groups in total. The van der Waals surface area contributed by atoms with Crippen molar-refractivity contribution >= 4 is 22.8 Å². The maximum Gasteiger partial charge on any atom is 0.326 e. The molecular weight excluding hydrogens is 239 g/mol. The first-order valence-corrected chi connectivity index (χ1v) is 6.79. The molecule has 0 bridgehead atoms. The minimum absolute atomic E-state index is 0.211. The van der Waals surface area contributed by atoms with Crippen molar-refractivity contribution in [1.82, 2.24) is 9.55 Å². The number of benzene rings is 1. The number of nitrogens with one attached hydrogen (secondary N) is 1. The summed E-state index contributed by atoms with van der Waals surface area (Å²) in [5.74, 6) is 0.799. The Labute approximate surface area is 102 Å². The summed E-state index contributed by atoms with van der Waals surface area (Å²) in [6, 6.07) is 4.80. The lowest BCUT2D eigenvalue weighted by molar-refractivity contribution is 0.634. The molecule has 1 aliphatic rings. The van der Waals surface area contributed by atoms with Gasteiger partial charge in [-0.3, -0.25) is 4.57 Å². The first-order valence-electron chi connectivity index (χ1n) is 5.74. The summed E-state index contributed by atoms with van der Waals surface area (Å²) in [5.41, 5.74) is 0.778. The minimum Gasteiger partial charge on any atom is -0.303 e. The molecule has 90 valence electrons. The van der Waals surface area contributed by atoms with Crippen molar-refractivity contribution in [2.24, 2.45) is 0 Å². The second-order valence-corrected chi connectivity index (χ2v) is 5.72.